The van der Waals surface area contributed by atoms with Crippen LogP contribution in [0, 0.1) is 5.92 Å². The second-order valence-corrected chi connectivity index (χ2v) is 15.4. The van der Waals surface area contributed by atoms with E-state index in [-0.39, 0.29) is 11.8 Å². The SMILES string of the molecule is CCCCCCCCCCCCCCC(CCCCCCCCCCCCCC)C(=O)NCCCCC(NC(=O)OC(C)(C)C)C(=O)O. The highest BCUT2D eigenvalue weighted by molar-refractivity contribution is 5.80. The number of ether oxygens (including phenoxy) is 1. The van der Waals surface area contributed by atoms with Crippen LogP contribution in [-0.2, 0) is 14.3 Å². The maximum absolute atomic E-state index is 13.2. The lowest BCUT2D eigenvalue weighted by atomic mass is 9.93. The van der Waals surface area contributed by atoms with Crippen molar-refractivity contribution in [3.05, 3.63) is 0 Å². The number of carbonyl (C=O) groups excluding carboxylic acids is 2. The third kappa shape index (κ3) is 31.5. The Labute approximate surface area is 297 Å². The molecule has 0 aromatic rings. The summed E-state index contributed by atoms with van der Waals surface area (Å²) in [7, 11) is 0. The number of hydrogen-bond acceptors (Lipinski definition) is 4. The predicted molar refractivity (Wildman–Crippen MR) is 203 cm³/mol. The van der Waals surface area contributed by atoms with E-state index in [1.807, 2.05) is 0 Å². The van der Waals surface area contributed by atoms with Crippen LogP contribution in [0.1, 0.15) is 221 Å². The largest absolute Gasteiger partial charge is 0.480 e. The lowest BCUT2D eigenvalue weighted by Gasteiger charge is -2.22. The monoisotopic (exact) mass is 681 g/mol. The summed E-state index contributed by atoms with van der Waals surface area (Å²) in [6.45, 7) is 10.3. The number of unbranched alkanes of at least 4 members (excludes halogenated alkanes) is 23. The van der Waals surface area contributed by atoms with E-state index in [1.165, 1.54) is 141 Å². The number of carboxylic acids is 1. The molecule has 0 radical (unpaired) electrons. The van der Waals surface area contributed by atoms with Crippen LogP contribution in [0.4, 0.5) is 4.79 Å². The quantitative estimate of drug-likeness (QED) is 0.0587. The van der Waals surface area contributed by atoms with Crippen molar-refractivity contribution in [3.63, 3.8) is 0 Å². The zero-order chi connectivity index (χ0) is 35.7. The van der Waals surface area contributed by atoms with Crippen molar-refractivity contribution in [3.8, 4) is 0 Å². The van der Waals surface area contributed by atoms with Crippen LogP contribution < -0.4 is 10.6 Å². The summed E-state index contributed by atoms with van der Waals surface area (Å²) in [5, 5.41) is 15.1. The van der Waals surface area contributed by atoms with Gasteiger partial charge in [0.25, 0.3) is 0 Å². The lowest BCUT2D eigenvalue weighted by molar-refractivity contribution is -0.139. The van der Waals surface area contributed by atoms with E-state index < -0.39 is 23.7 Å². The zero-order valence-corrected chi connectivity index (χ0v) is 32.4. The molecule has 0 aromatic heterocycles. The summed E-state index contributed by atoms with van der Waals surface area (Å²) < 4.78 is 5.20. The maximum Gasteiger partial charge on any atom is 0.408 e. The molecule has 3 N–H and O–H groups in total. The van der Waals surface area contributed by atoms with Crippen LogP contribution >= 0.6 is 0 Å². The Morgan fingerprint density at radius 3 is 1.25 bits per heavy atom. The van der Waals surface area contributed by atoms with Gasteiger partial charge in [0.2, 0.25) is 5.91 Å². The molecular weight excluding hydrogens is 600 g/mol. The second-order valence-electron chi connectivity index (χ2n) is 15.4. The van der Waals surface area contributed by atoms with E-state index in [4.69, 9.17) is 4.74 Å². The average Bonchev–Trinajstić information content (AvgIpc) is 3.03. The third-order valence-corrected chi connectivity index (χ3v) is 9.39. The molecular formula is C41H80N2O5. The summed E-state index contributed by atoms with van der Waals surface area (Å²) in [5.74, 6) is -0.852. The minimum atomic E-state index is -1.07. The summed E-state index contributed by atoms with van der Waals surface area (Å²) in [4.78, 5) is 36.9. The molecule has 0 aliphatic rings. The number of nitrogens with one attached hydrogen (secondary N) is 2. The molecule has 1 atom stereocenters. The Bertz CT molecular complexity index is 738. The molecule has 0 aliphatic carbocycles. The van der Waals surface area contributed by atoms with Gasteiger partial charge >= 0.3 is 12.1 Å². The number of rotatable bonds is 34. The molecule has 7 heteroatoms. The highest BCUT2D eigenvalue weighted by atomic mass is 16.6. The van der Waals surface area contributed by atoms with Gasteiger partial charge in [0.15, 0.2) is 0 Å². The van der Waals surface area contributed by atoms with E-state index in [1.54, 1.807) is 20.8 Å². The molecule has 7 nitrogen and oxygen atoms in total. The smallest absolute Gasteiger partial charge is 0.408 e. The average molecular weight is 681 g/mol. The van der Waals surface area contributed by atoms with Crippen molar-refractivity contribution >= 4 is 18.0 Å². The molecule has 0 fully saturated rings. The second kappa shape index (κ2) is 32.4. The number of amides is 2. The van der Waals surface area contributed by atoms with Gasteiger partial charge in [0.1, 0.15) is 11.6 Å². The number of carboxylic acid groups (broad SMARTS) is 1. The molecule has 284 valence electrons. The molecule has 2 amide bonds. The highest BCUT2D eigenvalue weighted by Crippen LogP contribution is 2.21. The van der Waals surface area contributed by atoms with Gasteiger partial charge in [-0.1, -0.05) is 168 Å². The van der Waals surface area contributed by atoms with Crippen LogP contribution in [0.5, 0.6) is 0 Å². The van der Waals surface area contributed by atoms with Crippen LogP contribution in [-0.4, -0.2) is 41.3 Å². The summed E-state index contributed by atoms with van der Waals surface area (Å²) in [6, 6.07) is -1.00. The van der Waals surface area contributed by atoms with Gasteiger partial charge in [0, 0.05) is 12.5 Å². The maximum atomic E-state index is 13.2. The Morgan fingerprint density at radius 1 is 0.542 bits per heavy atom. The number of hydrogen-bond donors (Lipinski definition) is 3. The third-order valence-electron chi connectivity index (χ3n) is 9.39. The summed E-state index contributed by atoms with van der Waals surface area (Å²) in [6.07, 6.45) is 34.5. The van der Waals surface area contributed by atoms with E-state index in [0.717, 1.165) is 25.7 Å². The van der Waals surface area contributed by atoms with E-state index in [2.05, 4.69) is 24.5 Å². The van der Waals surface area contributed by atoms with Gasteiger partial charge in [-0.05, 0) is 52.9 Å². The lowest BCUT2D eigenvalue weighted by Crippen LogP contribution is -2.43. The van der Waals surface area contributed by atoms with E-state index in [0.29, 0.717) is 25.8 Å². The first-order valence-electron chi connectivity index (χ1n) is 20.6. The zero-order valence-electron chi connectivity index (χ0n) is 32.4. The fraction of sp³-hybridized carbons (Fsp3) is 0.927. The van der Waals surface area contributed by atoms with Gasteiger partial charge in [-0.2, -0.15) is 0 Å². The molecule has 0 rings (SSSR count). The van der Waals surface area contributed by atoms with E-state index >= 15 is 0 Å². The standard InChI is InChI=1S/C41H80N2O5/c1-6-8-10-12-14-16-18-20-22-24-26-28-32-36(33-29-27-25-23-21-19-17-15-13-11-9-7-2)38(44)42-35-31-30-34-37(39(45)46)43-40(47)48-41(3,4)5/h36-37H,6-35H2,1-5H3,(H,42,44)(H,43,47)(H,45,46). The molecule has 0 aromatic carbocycles. The van der Waals surface area contributed by atoms with Crippen LogP contribution in [0.25, 0.3) is 0 Å². The first-order chi connectivity index (χ1) is 23.1. The highest BCUT2D eigenvalue weighted by Gasteiger charge is 2.24. The molecule has 0 aliphatic heterocycles. The van der Waals surface area contributed by atoms with Crippen molar-refractivity contribution in [1.29, 1.82) is 0 Å². The number of alkyl carbamates (subject to hydrolysis) is 1. The van der Waals surface area contributed by atoms with Gasteiger partial charge in [0.05, 0.1) is 0 Å². The van der Waals surface area contributed by atoms with Crippen LogP contribution in [0.15, 0.2) is 0 Å². The molecule has 1 unspecified atom stereocenters. The summed E-state index contributed by atoms with van der Waals surface area (Å²) in [5.41, 5.74) is -0.686. The topological polar surface area (TPSA) is 105 Å². The first-order valence-corrected chi connectivity index (χ1v) is 20.6. The van der Waals surface area contributed by atoms with Crippen molar-refractivity contribution in [2.24, 2.45) is 5.92 Å². The minimum absolute atomic E-state index is 0.0665. The molecule has 0 bridgehead atoms. The van der Waals surface area contributed by atoms with Gasteiger partial charge < -0.3 is 20.5 Å². The van der Waals surface area contributed by atoms with Gasteiger partial charge in [-0.25, -0.2) is 9.59 Å². The van der Waals surface area contributed by atoms with Gasteiger partial charge in [-0.3, -0.25) is 4.79 Å². The fourth-order valence-corrected chi connectivity index (χ4v) is 6.41. The van der Waals surface area contributed by atoms with Crippen molar-refractivity contribution in [2.75, 3.05) is 6.54 Å². The fourth-order valence-electron chi connectivity index (χ4n) is 6.41. The van der Waals surface area contributed by atoms with E-state index in [9.17, 15) is 19.5 Å². The molecule has 0 saturated heterocycles. The number of carbonyl (C=O) groups is 3. The van der Waals surface area contributed by atoms with Crippen LogP contribution in [0.3, 0.4) is 0 Å². The van der Waals surface area contributed by atoms with Crippen molar-refractivity contribution in [2.45, 2.75) is 232 Å². The molecule has 48 heavy (non-hydrogen) atoms. The van der Waals surface area contributed by atoms with Gasteiger partial charge in [-0.15, -0.1) is 0 Å². The molecule has 0 spiro atoms. The Kier molecular flexibility index (Phi) is 31.2. The summed E-state index contributed by atoms with van der Waals surface area (Å²) >= 11 is 0. The molecule has 0 heterocycles. The van der Waals surface area contributed by atoms with Crippen molar-refractivity contribution in [1.82, 2.24) is 10.6 Å². The minimum Gasteiger partial charge on any atom is -0.480 e. The van der Waals surface area contributed by atoms with Crippen LogP contribution in [0.2, 0.25) is 0 Å². The Morgan fingerprint density at radius 2 is 0.896 bits per heavy atom. The first kappa shape index (κ1) is 46.2. The van der Waals surface area contributed by atoms with Crippen molar-refractivity contribution < 1.29 is 24.2 Å². The predicted octanol–water partition coefficient (Wildman–Crippen LogP) is 12.0. The normalized spacial score (nSPS) is 12.3. The Hall–Kier alpha value is -1.79. The Balaban J connectivity index is 4.44. The number of aliphatic carboxylic acids is 1. The molecule has 0 saturated carbocycles.